The van der Waals surface area contributed by atoms with Gasteiger partial charge in [0.1, 0.15) is 5.82 Å². The SMILES string of the molecule is CC(C(=O)O)c1cncn1-c1ccccc1F. The molecule has 1 aromatic carbocycles. The van der Waals surface area contributed by atoms with Crippen LogP contribution in [0.2, 0.25) is 0 Å². The number of nitrogens with zero attached hydrogens (tertiary/aromatic N) is 2. The Morgan fingerprint density at radius 2 is 2.18 bits per heavy atom. The second kappa shape index (κ2) is 4.37. The molecule has 2 rings (SSSR count). The third-order valence-corrected chi connectivity index (χ3v) is 2.59. The van der Waals surface area contributed by atoms with Crippen LogP contribution in [0, 0.1) is 5.82 Å². The van der Waals surface area contributed by atoms with Crippen molar-refractivity contribution in [1.29, 1.82) is 0 Å². The maximum absolute atomic E-state index is 13.6. The second-order valence-electron chi connectivity index (χ2n) is 3.70. The zero-order valence-corrected chi connectivity index (χ0v) is 9.17. The van der Waals surface area contributed by atoms with E-state index in [1.165, 1.54) is 30.1 Å². The summed E-state index contributed by atoms with van der Waals surface area (Å²) in [6.07, 6.45) is 2.85. The first-order valence-electron chi connectivity index (χ1n) is 5.11. The molecule has 1 heterocycles. The fourth-order valence-corrected chi connectivity index (χ4v) is 1.60. The van der Waals surface area contributed by atoms with Crippen molar-refractivity contribution in [3.8, 4) is 5.69 Å². The van der Waals surface area contributed by atoms with Gasteiger partial charge in [-0.3, -0.25) is 9.36 Å². The number of carboxylic acid groups (broad SMARTS) is 1. The first kappa shape index (κ1) is 11.3. The van der Waals surface area contributed by atoms with E-state index in [1.54, 1.807) is 18.2 Å². The van der Waals surface area contributed by atoms with Crippen LogP contribution in [0.5, 0.6) is 0 Å². The first-order chi connectivity index (χ1) is 8.11. The van der Waals surface area contributed by atoms with Crippen LogP contribution in [0.1, 0.15) is 18.5 Å². The number of rotatable bonds is 3. The highest BCUT2D eigenvalue weighted by Crippen LogP contribution is 2.21. The molecular weight excluding hydrogens is 223 g/mol. The van der Waals surface area contributed by atoms with Crippen molar-refractivity contribution >= 4 is 5.97 Å². The predicted octanol–water partition coefficient (Wildman–Crippen LogP) is 2.20. The molecular formula is C12H11FN2O2. The molecule has 1 N–H and O–H groups in total. The maximum atomic E-state index is 13.6. The Morgan fingerprint density at radius 1 is 1.47 bits per heavy atom. The van der Waals surface area contributed by atoms with Gasteiger partial charge in [0.25, 0.3) is 0 Å². The lowest BCUT2D eigenvalue weighted by atomic mass is 10.1. The Kier molecular flexibility index (Phi) is 2.91. The van der Waals surface area contributed by atoms with Crippen molar-refractivity contribution in [2.75, 3.05) is 0 Å². The average Bonchev–Trinajstić information content (AvgIpc) is 2.77. The van der Waals surface area contributed by atoms with Gasteiger partial charge in [-0.05, 0) is 19.1 Å². The Morgan fingerprint density at radius 3 is 2.82 bits per heavy atom. The summed E-state index contributed by atoms with van der Waals surface area (Å²) in [6, 6.07) is 6.17. The fourth-order valence-electron chi connectivity index (χ4n) is 1.60. The van der Waals surface area contributed by atoms with Crippen LogP contribution >= 0.6 is 0 Å². The Balaban J connectivity index is 2.51. The third-order valence-electron chi connectivity index (χ3n) is 2.59. The molecule has 0 spiro atoms. The number of hydrogen-bond acceptors (Lipinski definition) is 2. The van der Waals surface area contributed by atoms with Crippen molar-refractivity contribution in [2.24, 2.45) is 0 Å². The van der Waals surface area contributed by atoms with E-state index in [0.717, 1.165) is 0 Å². The van der Waals surface area contributed by atoms with Crippen molar-refractivity contribution in [3.05, 3.63) is 48.3 Å². The number of halogens is 1. The molecule has 88 valence electrons. The molecule has 0 amide bonds. The van der Waals surface area contributed by atoms with Gasteiger partial charge < -0.3 is 5.11 Å². The van der Waals surface area contributed by atoms with Crippen LogP contribution in [0.3, 0.4) is 0 Å². The van der Waals surface area contributed by atoms with E-state index in [-0.39, 0.29) is 0 Å². The van der Waals surface area contributed by atoms with Crippen molar-refractivity contribution < 1.29 is 14.3 Å². The second-order valence-corrected chi connectivity index (χ2v) is 3.70. The molecule has 0 aliphatic rings. The van der Waals surface area contributed by atoms with Gasteiger partial charge in [-0.1, -0.05) is 12.1 Å². The molecule has 1 aromatic heterocycles. The third kappa shape index (κ3) is 2.04. The van der Waals surface area contributed by atoms with E-state index >= 15 is 0 Å². The molecule has 17 heavy (non-hydrogen) atoms. The monoisotopic (exact) mass is 234 g/mol. The molecule has 0 aliphatic carbocycles. The standard InChI is InChI=1S/C12H11FN2O2/c1-8(12(16)17)11-6-14-7-15(11)10-5-3-2-4-9(10)13/h2-8H,1H3,(H,16,17). The largest absolute Gasteiger partial charge is 0.481 e. The highest BCUT2D eigenvalue weighted by Gasteiger charge is 2.19. The number of carboxylic acids is 1. The molecule has 0 aliphatic heterocycles. The van der Waals surface area contributed by atoms with Gasteiger partial charge in [0.2, 0.25) is 0 Å². The van der Waals surface area contributed by atoms with Gasteiger partial charge >= 0.3 is 5.97 Å². The van der Waals surface area contributed by atoms with Gasteiger partial charge in [-0.15, -0.1) is 0 Å². The quantitative estimate of drug-likeness (QED) is 0.885. The minimum atomic E-state index is -0.969. The van der Waals surface area contributed by atoms with Crippen molar-refractivity contribution in [1.82, 2.24) is 9.55 Å². The number of aromatic nitrogens is 2. The topological polar surface area (TPSA) is 55.1 Å². The number of benzene rings is 1. The lowest BCUT2D eigenvalue weighted by Crippen LogP contribution is -2.12. The molecule has 0 bridgehead atoms. The smallest absolute Gasteiger partial charge is 0.312 e. The van der Waals surface area contributed by atoms with E-state index in [9.17, 15) is 9.18 Å². The minimum absolute atomic E-state index is 0.299. The fraction of sp³-hybridized carbons (Fsp3) is 0.167. The molecule has 2 aromatic rings. The number of carbonyl (C=O) groups is 1. The maximum Gasteiger partial charge on any atom is 0.312 e. The van der Waals surface area contributed by atoms with Gasteiger partial charge in [0.05, 0.1) is 23.6 Å². The van der Waals surface area contributed by atoms with Crippen LogP contribution in [-0.4, -0.2) is 20.6 Å². The van der Waals surface area contributed by atoms with Crippen LogP contribution in [0.4, 0.5) is 4.39 Å². The van der Waals surface area contributed by atoms with Gasteiger partial charge in [-0.2, -0.15) is 0 Å². The number of hydrogen-bond donors (Lipinski definition) is 1. The van der Waals surface area contributed by atoms with Crippen molar-refractivity contribution in [2.45, 2.75) is 12.8 Å². The van der Waals surface area contributed by atoms with Gasteiger partial charge in [0.15, 0.2) is 0 Å². The molecule has 5 heteroatoms. The zero-order valence-electron chi connectivity index (χ0n) is 9.17. The summed E-state index contributed by atoms with van der Waals surface area (Å²) in [4.78, 5) is 14.8. The summed E-state index contributed by atoms with van der Waals surface area (Å²) in [5.74, 6) is -2.12. The Bertz CT molecular complexity index is 551. The Hall–Kier alpha value is -2.17. The molecule has 0 saturated carbocycles. The van der Waals surface area contributed by atoms with Crippen LogP contribution in [0.15, 0.2) is 36.8 Å². The average molecular weight is 234 g/mol. The molecule has 1 atom stereocenters. The summed E-state index contributed by atoms with van der Waals surface area (Å²) in [5, 5.41) is 8.96. The highest BCUT2D eigenvalue weighted by molar-refractivity contribution is 5.75. The predicted molar refractivity (Wildman–Crippen MR) is 59.6 cm³/mol. The minimum Gasteiger partial charge on any atom is -0.481 e. The van der Waals surface area contributed by atoms with Crippen LogP contribution in [-0.2, 0) is 4.79 Å². The summed E-state index contributed by atoms with van der Waals surface area (Å²) in [7, 11) is 0. The van der Waals surface area contributed by atoms with E-state index < -0.39 is 17.7 Å². The van der Waals surface area contributed by atoms with E-state index in [2.05, 4.69) is 4.98 Å². The summed E-state index contributed by atoms with van der Waals surface area (Å²) in [6.45, 7) is 1.54. The lowest BCUT2D eigenvalue weighted by Gasteiger charge is -2.11. The van der Waals surface area contributed by atoms with E-state index in [0.29, 0.717) is 11.4 Å². The first-order valence-corrected chi connectivity index (χ1v) is 5.11. The summed E-state index contributed by atoms with van der Waals surface area (Å²) >= 11 is 0. The summed E-state index contributed by atoms with van der Waals surface area (Å²) in [5.41, 5.74) is 0.746. The summed E-state index contributed by atoms with van der Waals surface area (Å²) < 4.78 is 15.1. The number of aliphatic carboxylic acids is 1. The van der Waals surface area contributed by atoms with Gasteiger partial charge in [-0.25, -0.2) is 9.37 Å². The lowest BCUT2D eigenvalue weighted by molar-refractivity contribution is -0.138. The highest BCUT2D eigenvalue weighted by atomic mass is 19.1. The number of para-hydroxylation sites is 1. The van der Waals surface area contributed by atoms with E-state index in [1.807, 2.05) is 0 Å². The van der Waals surface area contributed by atoms with Crippen LogP contribution < -0.4 is 0 Å². The van der Waals surface area contributed by atoms with Crippen molar-refractivity contribution in [3.63, 3.8) is 0 Å². The molecule has 0 radical (unpaired) electrons. The zero-order chi connectivity index (χ0) is 12.4. The molecule has 4 nitrogen and oxygen atoms in total. The van der Waals surface area contributed by atoms with Gasteiger partial charge in [0, 0.05) is 6.20 Å². The normalized spacial score (nSPS) is 12.4. The molecule has 0 fully saturated rings. The van der Waals surface area contributed by atoms with Crippen LogP contribution in [0.25, 0.3) is 5.69 Å². The number of imidazole rings is 1. The Labute approximate surface area is 97.3 Å². The molecule has 0 saturated heterocycles. The molecule has 1 unspecified atom stereocenters. The van der Waals surface area contributed by atoms with E-state index in [4.69, 9.17) is 5.11 Å².